The molecule has 1 aliphatic heterocycles. The van der Waals surface area contributed by atoms with Crippen molar-refractivity contribution in [2.75, 3.05) is 18.5 Å². The molecule has 1 N–H and O–H groups in total. The number of halogens is 1. The molecular formula is C14H14ClNO3. The molecule has 0 radical (unpaired) electrons. The SMILES string of the molecule is C=CC(=O)Nc1cc(Cl)ccc1C(=O)C1CCOC1. The minimum Gasteiger partial charge on any atom is -0.381 e. The van der Waals surface area contributed by atoms with E-state index in [0.717, 1.165) is 6.08 Å². The van der Waals surface area contributed by atoms with Crippen molar-refractivity contribution in [3.05, 3.63) is 41.4 Å². The molecule has 0 aromatic heterocycles. The van der Waals surface area contributed by atoms with Crippen LogP contribution in [0.2, 0.25) is 5.02 Å². The third kappa shape index (κ3) is 3.22. The molecule has 0 aliphatic carbocycles. The number of ether oxygens (including phenoxy) is 1. The van der Waals surface area contributed by atoms with Crippen LogP contribution in [-0.4, -0.2) is 24.9 Å². The average molecular weight is 280 g/mol. The molecule has 1 aromatic carbocycles. The average Bonchev–Trinajstić information content (AvgIpc) is 2.92. The van der Waals surface area contributed by atoms with Gasteiger partial charge in [-0.25, -0.2) is 0 Å². The van der Waals surface area contributed by atoms with Gasteiger partial charge in [0.15, 0.2) is 5.78 Å². The van der Waals surface area contributed by atoms with Crippen LogP contribution in [0.4, 0.5) is 5.69 Å². The lowest BCUT2D eigenvalue weighted by Crippen LogP contribution is -2.18. The van der Waals surface area contributed by atoms with Crippen molar-refractivity contribution in [1.29, 1.82) is 0 Å². The number of ketones is 1. The van der Waals surface area contributed by atoms with Gasteiger partial charge >= 0.3 is 0 Å². The Labute approximate surface area is 116 Å². The Morgan fingerprint density at radius 3 is 2.89 bits per heavy atom. The maximum absolute atomic E-state index is 12.3. The quantitative estimate of drug-likeness (QED) is 0.681. The number of Topliss-reactive ketones (excluding diaryl/α,β-unsaturated/α-hetero) is 1. The Morgan fingerprint density at radius 2 is 2.26 bits per heavy atom. The smallest absolute Gasteiger partial charge is 0.247 e. The molecule has 1 atom stereocenters. The molecule has 0 saturated carbocycles. The van der Waals surface area contributed by atoms with E-state index in [0.29, 0.717) is 35.9 Å². The third-order valence-electron chi connectivity index (χ3n) is 2.99. The molecule has 1 unspecified atom stereocenters. The van der Waals surface area contributed by atoms with Gasteiger partial charge in [-0.2, -0.15) is 0 Å². The fourth-order valence-electron chi connectivity index (χ4n) is 1.98. The highest BCUT2D eigenvalue weighted by molar-refractivity contribution is 6.31. The summed E-state index contributed by atoms with van der Waals surface area (Å²) in [6.07, 6.45) is 1.85. The number of hydrogen-bond donors (Lipinski definition) is 1. The van der Waals surface area contributed by atoms with Crippen molar-refractivity contribution < 1.29 is 14.3 Å². The van der Waals surface area contributed by atoms with Crippen molar-refractivity contribution >= 4 is 29.0 Å². The lowest BCUT2D eigenvalue weighted by Gasteiger charge is -2.12. The molecule has 5 heteroatoms. The first-order chi connectivity index (χ1) is 9.11. The summed E-state index contributed by atoms with van der Waals surface area (Å²) in [5, 5.41) is 3.06. The Bertz CT molecular complexity index is 521. The maximum Gasteiger partial charge on any atom is 0.247 e. The Hall–Kier alpha value is -1.65. The zero-order chi connectivity index (χ0) is 13.8. The van der Waals surface area contributed by atoms with E-state index in [1.165, 1.54) is 0 Å². The highest BCUT2D eigenvalue weighted by Crippen LogP contribution is 2.26. The summed E-state index contributed by atoms with van der Waals surface area (Å²) in [5.41, 5.74) is 0.865. The van der Waals surface area contributed by atoms with Gasteiger partial charge < -0.3 is 10.1 Å². The van der Waals surface area contributed by atoms with Crippen LogP contribution < -0.4 is 5.32 Å². The molecule has 100 valence electrons. The minimum atomic E-state index is -0.376. The second-order valence-electron chi connectivity index (χ2n) is 4.31. The van der Waals surface area contributed by atoms with E-state index in [9.17, 15) is 9.59 Å². The summed E-state index contributed by atoms with van der Waals surface area (Å²) in [5.74, 6) is -0.562. The number of rotatable bonds is 4. The summed E-state index contributed by atoms with van der Waals surface area (Å²) < 4.78 is 5.22. The van der Waals surface area contributed by atoms with Crippen LogP contribution in [0.25, 0.3) is 0 Å². The van der Waals surface area contributed by atoms with Crippen molar-refractivity contribution in [2.45, 2.75) is 6.42 Å². The molecule has 19 heavy (non-hydrogen) atoms. The molecule has 2 rings (SSSR count). The molecule has 1 amide bonds. The van der Waals surface area contributed by atoms with E-state index in [2.05, 4.69) is 11.9 Å². The minimum absolute atomic E-state index is 0.0338. The van der Waals surface area contributed by atoms with Crippen molar-refractivity contribution in [3.63, 3.8) is 0 Å². The molecule has 1 heterocycles. The van der Waals surface area contributed by atoms with Gasteiger partial charge in [0.25, 0.3) is 0 Å². The zero-order valence-electron chi connectivity index (χ0n) is 10.3. The summed E-state index contributed by atoms with van der Waals surface area (Å²) in [6, 6.07) is 4.82. The van der Waals surface area contributed by atoms with Crippen molar-refractivity contribution in [2.24, 2.45) is 5.92 Å². The predicted molar refractivity (Wildman–Crippen MR) is 73.5 cm³/mol. The second kappa shape index (κ2) is 5.99. The number of anilines is 1. The number of nitrogens with one attached hydrogen (secondary N) is 1. The molecule has 0 bridgehead atoms. The summed E-state index contributed by atoms with van der Waals surface area (Å²) in [6.45, 7) is 4.40. The normalized spacial score (nSPS) is 18.1. The molecule has 1 aliphatic rings. The van der Waals surface area contributed by atoms with Gasteiger partial charge in [0.2, 0.25) is 5.91 Å². The van der Waals surface area contributed by atoms with E-state index in [1.54, 1.807) is 18.2 Å². The third-order valence-corrected chi connectivity index (χ3v) is 3.23. The van der Waals surface area contributed by atoms with Gasteiger partial charge in [0.05, 0.1) is 12.3 Å². The molecule has 4 nitrogen and oxygen atoms in total. The molecule has 1 saturated heterocycles. The lowest BCUT2D eigenvalue weighted by atomic mass is 9.96. The lowest BCUT2D eigenvalue weighted by molar-refractivity contribution is -0.111. The second-order valence-corrected chi connectivity index (χ2v) is 4.74. The van der Waals surface area contributed by atoms with Crippen molar-refractivity contribution in [1.82, 2.24) is 0 Å². The van der Waals surface area contributed by atoms with Gasteiger partial charge in [-0.1, -0.05) is 18.2 Å². The Morgan fingerprint density at radius 1 is 1.47 bits per heavy atom. The van der Waals surface area contributed by atoms with Crippen LogP contribution in [0.15, 0.2) is 30.9 Å². The van der Waals surface area contributed by atoms with Gasteiger partial charge in [-0.05, 0) is 30.7 Å². The van der Waals surface area contributed by atoms with E-state index < -0.39 is 0 Å². The van der Waals surface area contributed by atoms with Gasteiger partial charge in [-0.3, -0.25) is 9.59 Å². The van der Waals surface area contributed by atoms with Crippen LogP contribution in [0, 0.1) is 5.92 Å². The molecule has 1 aromatic rings. The topological polar surface area (TPSA) is 55.4 Å². The summed E-state index contributed by atoms with van der Waals surface area (Å²) in [4.78, 5) is 23.7. The van der Waals surface area contributed by atoms with E-state index >= 15 is 0 Å². The first kappa shape index (κ1) is 13.8. The van der Waals surface area contributed by atoms with Crippen LogP contribution in [0.5, 0.6) is 0 Å². The number of amides is 1. The fraction of sp³-hybridized carbons (Fsp3) is 0.286. The van der Waals surface area contributed by atoms with Crippen LogP contribution in [-0.2, 0) is 9.53 Å². The Balaban J connectivity index is 2.30. The molecular weight excluding hydrogens is 266 g/mol. The highest BCUT2D eigenvalue weighted by Gasteiger charge is 2.26. The summed E-state index contributed by atoms with van der Waals surface area (Å²) in [7, 11) is 0. The van der Waals surface area contributed by atoms with E-state index in [-0.39, 0.29) is 17.6 Å². The first-order valence-corrected chi connectivity index (χ1v) is 6.34. The van der Waals surface area contributed by atoms with Crippen LogP contribution in [0.3, 0.4) is 0 Å². The van der Waals surface area contributed by atoms with Crippen LogP contribution in [0.1, 0.15) is 16.8 Å². The predicted octanol–water partition coefficient (Wildman–Crippen LogP) is 2.68. The highest BCUT2D eigenvalue weighted by atomic mass is 35.5. The van der Waals surface area contributed by atoms with E-state index in [1.807, 2.05) is 0 Å². The fourth-order valence-corrected chi connectivity index (χ4v) is 2.15. The number of carbonyl (C=O) groups is 2. The monoisotopic (exact) mass is 279 g/mol. The van der Waals surface area contributed by atoms with Gasteiger partial charge in [0, 0.05) is 23.1 Å². The standard InChI is InChI=1S/C14H14ClNO3/c1-2-13(17)16-12-7-10(15)3-4-11(12)14(18)9-5-6-19-8-9/h2-4,7,9H,1,5-6,8H2,(H,16,17). The van der Waals surface area contributed by atoms with Gasteiger partial charge in [0.1, 0.15) is 0 Å². The summed E-state index contributed by atoms with van der Waals surface area (Å²) >= 11 is 5.89. The first-order valence-electron chi connectivity index (χ1n) is 5.96. The van der Waals surface area contributed by atoms with Crippen LogP contribution >= 0.6 is 11.6 Å². The van der Waals surface area contributed by atoms with E-state index in [4.69, 9.17) is 16.3 Å². The largest absolute Gasteiger partial charge is 0.381 e. The number of carbonyl (C=O) groups excluding carboxylic acids is 2. The Kier molecular flexibility index (Phi) is 4.35. The number of benzene rings is 1. The zero-order valence-corrected chi connectivity index (χ0v) is 11.1. The van der Waals surface area contributed by atoms with Crippen molar-refractivity contribution in [3.8, 4) is 0 Å². The maximum atomic E-state index is 12.3. The molecule has 0 spiro atoms. The molecule has 1 fully saturated rings. The number of hydrogen-bond acceptors (Lipinski definition) is 3. The van der Waals surface area contributed by atoms with Gasteiger partial charge in [-0.15, -0.1) is 0 Å².